The van der Waals surface area contributed by atoms with Crippen molar-refractivity contribution < 1.29 is 9.84 Å². The van der Waals surface area contributed by atoms with E-state index in [4.69, 9.17) is 4.74 Å². The monoisotopic (exact) mass is 291 g/mol. The van der Waals surface area contributed by atoms with Crippen LogP contribution in [-0.2, 0) is 11.2 Å². The van der Waals surface area contributed by atoms with Crippen LogP contribution in [-0.4, -0.2) is 29.9 Å². The van der Waals surface area contributed by atoms with E-state index in [9.17, 15) is 5.11 Å². The smallest absolute Gasteiger partial charge is 0.0958 e. The van der Waals surface area contributed by atoms with Crippen molar-refractivity contribution in [2.75, 3.05) is 13.7 Å². The molecule has 3 nitrogen and oxygen atoms in total. The number of ether oxygens (including phenoxy) is 1. The van der Waals surface area contributed by atoms with Crippen LogP contribution < -0.4 is 0 Å². The van der Waals surface area contributed by atoms with Gasteiger partial charge in [-0.2, -0.15) is 0 Å². The summed E-state index contributed by atoms with van der Waals surface area (Å²) in [6, 6.07) is 10.1. The summed E-state index contributed by atoms with van der Waals surface area (Å²) in [4.78, 5) is 4.60. The Morgan fingerprint density at radius 1 is 1.30 bits per heavy atom. The van der Waals surface area contributed by atoms with E-state index in [0.717, 1.165) is 22.7 Å². The first-order valence-corrected chi connectivity index (χ1v) is 7.74. The molecule has 2 unspecified atom stereocenters. The first-order chi connectivity index (χ1) is 9.69. The molecule has 0 spiro atoms. The van der Waals surface area contributed by atoms with Crippen molar-refractivity contribution in [2.24, 2.45) is 5.92 Å². The zero-order valence-electron chi connectivity index (χ0n) is 12.0. The third-order valence-corrected chi connectivity index (χ3v) is 4.03. The molecule has 20 heavy (non-hydrogen) atoms. The molecule has 4 heteroatoms. The number of aliphatic hydroxyl groups is 1. The summed E-state index contributed by atoms with van der Waals surface area (Å²) in [5.41, 5.74) is 2.11. The molecule has 0 radical (unpaired) electrons. The van der Waals surface area contributed by atoms with Crippen molar-refractivity contribution in [3.8, 4) is 11.3 Å². The minimum absolute atomic E-state index is 0.352. The van der Waals surface area contributed by atoms with Gasteiger partial charge < -0.3 is 9.84 Å². The van der Waals surface area contributed by atoms with Crippen molar-refractivity contribution in [3.63, 3.8) is 0 Å². The maximum atomic E-state index is 10.1. The number of aliphatic hydroxyl groups excluding tert-OH is 1. The van der Waals surface area contributed by atoms with Crippen LogP contribution in [0.3, 0.4) is 0 Å². The molecule has 1 aromatic heterocycles. The first kappa shape index (κ1) is 15.2. The van der Waals surface area contributed by atoms with Gasteiger partial charge in [0.15, 0.2) is 0 Å². The summed E-state index contributed by atoms with van der Waals surface area (Å²) < 4.78 is 5.09. The Morgan fingerprint density at radius 3 is 2.75 bits per heavy atom. The molecular weight excluding hydrogens is 270 g/mol. The zero-order chi connectivity index (χ0) is 14.4. The second-order valence-corrected chi connectivity index (χ2v) is 6.09. The summed E-state index contributed by atoms with van der Waals surface area (Å²) in [5, 5.41) is 13.1. The molecule has 0 aliphatic rings. The van der Waals surface area contributed by atoms with Crippen molar-refractivity contribution in [1.29, 1.82) is 0 Å². The van der Waals surface area contributed by atoms with Crippen LogP contribution in [0.5, 0.6) is 0 Å². The number of aromatic nitrogens is 1. The minimum atomic E-state index is -0.352. The highest BCUT2D eigenvalue weighted by Crippen LogP contribution is 2.23. The van der Waals surface area contributed by atoms with Crippen LogP contribution in [0.1, 0.15) is 18.4 Å². The quantitative estimate of drug-likeness (QED) is 0.850. The Kier molecular flexibility index (Phi) is 5.71. The maximum Gasteiger partial charge on any atom is 0.0958 e. The van der Waals surface area contributed by atoms with Crippen LogP contribution in [0, 0.1) is 5.92 Å². The molecule has 2 rings (SSSR count). The molecule has 2 aromatic rings. The summed E-state index contributed by atoms with van der Waals surface area (Å²) in [6.07, 6.45) is 1.01. The standard InChI is InChI=1S/C16H21NO2S/c1-12(10-19-2)8-14(18)9-16-17-15(11-20-16)13-6-4-3-5-7-13/h3-7,11-12,14,18H,8-10H2,1-2H3. The molecule has 0 bridgehead atoms. The van der Waals surface area contributed by atoms with Gasteiger partial charge in [0.2, 0.25) is 0 Å². The number of thiazole rings is 1. The van der Waals surface area contributed by atoms with Gasteiger partial charge in [-0.05, 0) is 12.3 Å². The molecular formula is C16H21NO2S. The van der Waals surface area contributed by atoms with Crippen LogP contribution in [0.15, 0.2) is 35.7 Å². The summed E-state index contributed by atoms with van der Waals surface area (Å²) in [5.74, 6) is 0.364. The van der Waals surface area contributed by atoms with Crippen LogP contribution in [0.4, 0.5) is 0 Å². The number of hydrogen-bond acceptors (Lipinski definition) is 4. The van der Waals surface area contributed by atoms with E-state index in [-0.39, 0.29) is 6.10 Å². The molecule has 1 aromatic carbocycles. The highest BCUT2D eigenvalue weighted by atomic mass is 32.1. The highest BCUT2D eigenvalue weighted by Gasteiger charge is 2.13. The van der Waals surface area contributed by atoms with Crippen LogP contribution >= 0.6 is 11.3 Å². The Balaban J connectivity index is 1.93. The fourth-order valence-corrected chi connectivity index (χ4v) is 3.12. The number of hydrogen-bond donors (Lipinski definition) is 1. The molecule has 0 saturated carbocycles. The van der Waals surface area contributed by atoms with E-state index in [1.54, 1.807) is 18.4 Å². The van der Waals surface area contributed by atoms with Gasteiger partial charge in [0.25, 0.3) is 0 Å². The number of nitrogens with zero attached hydrogens (tertiary/aromatic N) is 1. The molecule has 0 fully saturated rings. The molecule has 0 aliphatic heterocycles. The van der Waals surface area contributed by atoms with Crippen molar-refractivity contribution in [3.05, 3.63) is 40.7 Å². The van der Waals surface area contributed by atoms with E-state index in [1.807, 2.05) is 18.2 Å². The number of methoxy groups -OCH3 is 1. The fourth-order valence-electron chi connectivity index (χ4n) is 2.25. The van der Waals surface area contributed by atoms with Gasteiger partial charge in [-0.1, -0.05) is 37.3 Å². The predicted molar refractivity (Wildman–Crippen MR) is 82.9 cm³/mol. The molecule has 1 heterocycles. The van der Waals surface area contributed by atoms with Gasteiger partial charge in [-0.25, -0.2) is 4.98 Å². The van der Waals surface area contributed by atoms with Crippen molar-refractivity contribution in [1.82, 2.24) is 4.98 Å². The predicted octanol–water partition coefficient (Wildman–Crippen LogP) is 3.39. The van der Waals surface area contributed by atoms with E-state index >= 15 is 0 Å². The molecule has 0 aliphatic carbocycles. The topological polar surface area (TPSA) is 42.4 Å². The summed E-state index contributed by atoms with van der Waals surface area (Å²) >= 11 is 1.61. The Hall–Kier alpha value is -1.23. The second kappa shape index (κ2) is 7.53. The molecule has 0 amide bonds. The lowest BCUT2D eigenvalue weighted by molar-refractivity contribution is 0.102. The normalized spacial score (nSPS) is 14.2. The summed E-state index contributed by atoms with van der Waals surface area (Å²) in [7, 11) is 1.69. The zero-order valence-corrected chi connectivity index (χ0v) is 12.8. The Bertz CT molecular complexity index is 512. The molecule has 1 N–H and O–H groups in total. The van der Waals surface area contributed by atoms with Crippen molar-refractivity contribution >= 4 is 11.3 Å². The first-order valence-electron chi connectivity index (χ1n) is 6.86. The lowest BCUT2D eigenvalue weighted by atomic mass is 10.0. The minimum Gasteiger partial charge on any atom is -0.393 e. The number of rotatable bonds is 7. The molecule has 0 saturated heterocycles. The van der Waals surface area contributed by atoms with Gasteiger partial charge >= 0.3 is 0 Å². The summed E-state index contributed by atoms with van der Waals surface area (Å²) in [6.45, 7) is 2.77. The molecule has 108 valence electrons. The lowest BCUT2D eigenvalue weighted by Crippen LogP contribution is -2.17. The van der Waals surface area contributed by atoms with Gasteiger partial charge in [0, 0.05) is 31.1 Å². The van der Waals surface area contributed by atoms with Gasteiger partial charge in [-0.15, -0.1) is 11.3 Å². The second-order valence-electron chi connectivity index (χ2n) is 5.15. The Labute approximate surface area is 124 Å². The lowest BCUT2D eigenvalue weighted by Gasteiger charge is -2.14. The number of benzene rings is 1. The van der Waals surface area contributed by atoms with E-state index in [2.05, 4.69) is 29.4 Å². The largest absolute Gasteiger partial charge is 0.393 e. The van der Waals surface area contributed by atoms with Gasteiger partial charge in [0.05, 0.1) is 16.8 Å². The van der Waals surface area contributed by atoms with Gasteiger partial charge in [0.1, 0.15) is 0 Å². The molecule has 2 atom stereocenters. The third-order valence-electron chi connectivity index (χ3n) is 3.16. The van der Waals surface area contributed by atoms with E-state index in [1.165, 1.54) is 0 Å². The third kappa shape index (κ3) is 4.40. The SMILES string of the molecule is COCC(C)CC(O)Cc1nc(-c2ccccc2)cs1. The highest BCUT2D eigenvalue weighted by molar-refractivity contribution is 7.09. The average molecular weight is 291 g/mol. The van der Waals surface area contributed by atoms with Crippen molar-refractivity contribution in [2.45, 2.75) is 25.9 Å². The van der Waals surface area contributed by atoms with E-state index < -0.39 is 0 Å². The van der Waals surface area contributed by atoms with Gasteiger partial charge in [-0.3, -0.25) is 0 Å². The van der Waals surface area contributed by atoms with Crippen LogP contribution in [0.2, 0.25) is 0 Å². The van der Waals surface area contributed by atoms with Crippen LogP contribution in [0.25, 0.3) is 11.3 Å². The fraction of sp³-hybridized carbons (Fsp3) is 0.438. The van der Waals surface area contributed by atoms with E-state index in [0.29, 0.717) is 18.9 Å². The maximum absolute atomic E-state index is 10.1. The average Bonchev–Trinajstić information content (AvgIpc) is 2.88. The Morgan fingerprint density at radius 2 is 2.05 bits per heavy atom.